The van der Waals surface area contributed by atoms with E-state index in [0.717, 1.165) is 22.8 Å². The van der Waals surface area contributed by atoms with Crippen LogP contribution in [0.25, 0.3) is 0 Å². The summed E-state index contributed by atoms with van der Waals surface area (Å²) in [6, 6.07) is 0. The minimum Gasteiger partial charge on any atom is -0.366 e. The fourth-order valence-corrected chi connectivity index (χ4v) is 3.01. The SMILES string of the molecule is Cc1nc([C@H]2CN(C(=O)[C@@H](C)Cc3c(C)noc3C)CCO2)n[nH]1. The van der Waals surface area contributed by atoms with Gasteiger partial charge in [-0.15, -0.1) is 0 Å². The number of hydrogen-bond acceptors (Lipinski definition) is 6. The minimum absolute atomic E-state index is 0.107. The summed E-state index contributed by atoms with van der Waals surface area (Å²) in [6.07, 6.45) is 0.348. The zero-order valence-corrected chi connectivity index (χ0v) is 14.5. The van der Waals surface area contributed by atoms with Gasteiger partial charge in [0.05, 0.1) is 18.8 Å². The van der Waals surface area contributed by atoms with E-state index in [4.69, 9.17) is 9.26 Å². The van der Waals surface area contributed by atoms with E-state index in [0.29, 0.717) is 31.9 Å². The lowest BCUT2D eigenvalue weighted by Crippen LogP contribution is -2.45. The molecule has 0 radical (unpaired) electrons. The van der Waals surface area contributed by atoms with E-state index in [9.17, 15) is 4.79 Å². The van der Waals surface area contributed by atoms with E-state index in [1.165, 1.54) is 0 Å². The third kappa shape index (κ3) is 3.33. The molecule has 2 aromatic heterocycles. The minimum atomic E-state index is -0.279. The number of aryl methyl sites for hydroxylation is 3. The molecular weight excluding hydrogens is 310 g/mol. The van der Waals surface area contributed by atoms with Gasteiger partial charge in [0.1, 0.15) is 17.7 Å². The highest BCUT2D eigenvalue weighted by Gasteiger charge is 2.30. The Morgan fingerprint density at radius 3 is 2.83 bits per heavy atom. The average Bonchev–Trinajstić information content (AvgIpc) is 3.15. The number of aromatic amines is 1. The predicted octanol–water partition coefficient (Wildman–Crippen LogP) is 1.50. The van der Waals surface area contributed by atoms with Crippen LogP contribution in [0.4, 0.5) is 0 Å². The summed E-state index contributed by atoms with van der Waals surface area (Å²) in [6.45, 7) is 9.11. The van der Waals surface area contributed by atoms with E-state index in [2.05, 4.69) is 20.3 Å². The van der Waals surface area contributed by atoms with Crippen LogP contribution in [-0.4, -0.2) is 50.8 Å². The van der Waals surface area contributed by atoms with Crippen molar-refractivity contribution in [3.63, 3.8) is 0 Å². The number of H-pyrrole nitrogens is 1. The number of nitrogens with one attached hydrogen (secondary N) is 1. The van der Waals surface area contributed by atoms with Gasteiger partial charge in [0.15, 0.2) is 5.82 Å². The Labute approximate surface area is 140 Å². The lowest BCUT2D eigenvalue weighted by molar-refractivity contribution is -0.143. The number of ether oxygens (including phenoxy) is 1. The average molecular weight is 333 g/mol. The highest BCUT2D eigenvalue weighted by Crippen LogP contribution is 2.23. The molecule has 8 heteroatoms. The van der Waals surface area contributed by atoms with Crippen molar-refractivity contribution in [3.05, 3.63) is 28.7 Å². The van der Waals surface area contributed by atoms with Gasteiger partial charge >= 0.3 is 0 Å². The van der Waals surface area contributed by atoms with Gasteiger partial charge in [0, 0.05) is 18.0 Å². The van der Waals surface area contributed by atoms with Crippen LogP contribution < -0.4 is 0 Å². The molecule has 1 saturated heterocycles. The molecule has 3 heterocycles. The Balaban J connectivity index is 1.65. The maximum Gasteiger partial charge on any atom is 0.225 e. The van der Waals surface area contributed by atoms with Crippen LogP contribution in [0.3, 0.4) is 0 Å². The second kappa shape index (κ2) is 6.72. The van der Waals surface area contributed by atoms with Gasteiger partial charge in [-0.25, -0.2) is 4.98 Å². The van der Waals surface area contributed by atoms with E-state index < -0.39 is 0 Å². The van der Waals surface area contributed by atoms with Crippen molar-refractivity contribution in [1.82, 2.24) is 25.2 Å². The van der Waals surface area contributed by atoms with Crippen LogP contribution >= 0.6 is 0 Å². The van der Waals surface area contributed by atoms with Crippen molar-refractivity contribution in [3.8, 4) is 0 Å². The summed E-state index contributed by atoms with van der Waals surface area (Å²) in [5.41, 5.74) is 1.87. The van der Waals surface area contributed by atoms with Gasteiger partial charge in [-0.2, -0.15) is 5.10 Å². The first kappa shape index (κ1) is 16.6. The fourth-order valence-electron chi connectivity index (χ4n) is 3.01. The highest BCUT2D eigenvalue weighted by atomic mass is 16.5. The topological polar surface area (TPSA) is 97.1 Å². The Morgan fingerprint density at radius 2 is 2.21 bits per heavy atom. The predicted molar refractivity (Wildman–Crippen MR) is 85.2 cm³/mol. The number of nitrogens with zero attached hydrogens (tertiary/aromatic N) is 4. The van der Waals surface area contributed by atoms with Crippen molar-refractivity contribution in [1.29, 1.82) is 0 Å². The van der Waals surface area contributed by atoms with Crippen molar-refractivity contribution in [2.45, 2.75) is 40.2 Å². The second-order valence-electron chi connectivity index (χ2n) is 6.33. The summed E-state index contributed by atoms with van der Waals surface area (Å²) < 4.78 is 10.9. The molecule has 3 rings (SSSR count). The van der Waals surface area contributed by atoms with Gasteiger partial charge in [0.2, 0.25) is 5.91 Å². The molecule has 0 bridgehead atoms. The summed E-state index contributed by atoms with van der Waals surface area (Å²) in [7, 11) is 0. The number of amides is 1. The van der Waals surface area contributed by atoms with Crippen molar-refractivity contribution in [2.75, 3.05) is 19.7 Å². The molecule has 130 valence electrons. The van der Waals surface area contributed by atoms with Crippen LogP contribution in [-0.2, 0) is 16.0 Å². The van der Waals surface area contributed by atoms with E-state index in [1.807, 2.05) is 32.6 Å². The molecule has 1 N–H and O–H groups in total. The zero-order chi connectivity index (χ0) is 17.3. The summed E-state index contributed by atoms with van der Waals surface area (Å²) in [5.74, 6) is 2.08. The number of rotatable bonds is 4. The smallest absolute Gasteiger partial charge is 0.225 e. The van der Waals surface area contributed by atoms with Crippen molar-refractivity contribution >= 4 is 5.91 Å². The van der Waals surface area contributed by atoms with Gasteiger partial charge in [-0.1, -0.05) is 12.1 Å². The third-order valence-electron chi connectivity index (χ3n) is 4.39. The molecule has 1 aliphatic heterocycles. The number of carbonyl (C=O) groups is 1. The van der Waals surface area contributed by atoms with Gasteiger partial charge in [-0.3, -0.25) is 9.89 Å². The largest absolute Gasteiger partial charge is 0.366 e. The van der Waals surface area contributed by atoms with Gasteiger partial charge < -0.3 is 14.2 Å². The lowest BCUT2D eigenvalue weighted by Gasteiger charge is -2.33. The summed E-state index contributed by atoms with van der Waals surface area (Å²) in [4.78, 5) is 18.9. The molecule has 24 heavy (non-hydrogen) atoms. The fraction of sp³-hybridized carbons (Fsp3) is 0.625. The van der Waals surface area contributed by atoms with Crippen LogP contribution in [0.5, 0.6) is 0 Å². The molecule has 0 saturated carbocycles. The van der Waals surface area contributed by atoms with Crippen LogP contribution in [0.15, 0.2) is 4.52 Å². The van der Waals surface area contributed by atoms with Crippen LogP contribution in [0, 0.1) is 26.7 Å². The highest BCUT2D eigenvalue weighted by molar-refractivity contribution is 5.79. The normalized spacial score (nSPS) is 19.5. The molecule has 1 fully saturated rings. The summed E-state index contributed by atoms with van der Waals surface area (Å²) >= 11 is 0. The Kier molecular flexibility index (Phi) is 4.66. The standard InChI is InChI=1S/C16H23N5O3/c1-9(7-13-10(2)20-24-11(13)3)16(22)21-5-6-23-14(8-21)15-17-12(4)18-19-15/h9,14H,5-8H2,1-4H3,(H,17,18,19)/t9-,14+/m0/s1. The maximum absolute atomic E-state index is 12.8. The Hall–Kier alpha value is -2.22. The van der Waals surface area contributed by atoms with Gasteiger partial charge in [0.25, 0.3) is 0 Å². The number of morpholine rings is 1. The molecule has 0 aliphatic carbocycles. The molecule has 8 nitrogen and oxygen atoms in total. The van der Waals surface area contributed by atoms with Crippen LogP contribution in [0.1, 0.15) is 41.7 Å². The van der Waals surface area contributed by atoms with Crippen LogP contribution in [0.2, 0.25) is 0 Å². The Bertz CT molecular complexity index is 704. The van der Waals surface area contributed by atoms with Crippen molar-refractivity contribution < 1.29 is 14.1 Å². The number of carbonyl (C=O) groups excluding carboxylic acids is 1. The quantitative estimate of drug-likeness (QED) is 0.910. The van der Waals surface area contributed by atoms with E-state index >= 15 is 0 Å². The molecule has 2 atom stereocenters. The molecule has 2 aromatic rings. The van der Waals surface area contributed by atoms with Gasteiger partial charge in [-0.05, 0) is 27.2 Å². The lowest BCUT2D eigenvalue weighted by atomic mass is 9.98. The molecule has 1 aliphatic rings. The Morgan fingerprint density at radius 1 is 1.42 bits per heavy atom. The second-order valence-corrected chi connectivity index (χ2v) is 6.33. The molecule has 0 unspecified atom stereocenters. The molecule has 0 aromatic carbocycles. The molecular formula is C16H23N5O3. The zero-order valence-electron chi connectivity index (χ0n) is 14.5. The first-order valence-electron chi connectivity index (χ1n) is 8.16. The first-order valence-corrected chi connectivity index (χ1v) is 8.16. The molecule has 1 amide bonds. The first-order chi connectivity index (χ1) is 11.5. The number of aromatic nitrogens is 4. The van der Waals surface area contributed by atoms with E-state index in [-0.39, 0.29) is 17.9 Å². The number of hydrogen-bond donors (Lipinski definition) is 1. The third-order valence-corrected chi connectivity index (χ3v) is 4.39. The monoisotopic (exact) mass is 333 g/mol. The maximum atomic E-state index is 12.8. The molecule has 0 spiro atoms. The van der Waals surface area contributed by atoms with E-state index in [1.54, 1.807) is 0 Å². The van der Waals surface area contributed by atoms with Crippen molar-refractivity contribution in [2.24, 2.45) is 5.92 Å². The summed E-state index contributed by atoms with van der Waals surface area (Å²) in [5, 5.41) is 10.9.